The van der Waals surface area contributed by atoms with E-state index >= 15 is 0 Å². The van der Waals surface area contributed by atoms with Gasteiger partial charge in [0.25, 0.3) is 0 Å². The first-order chi connectivity index (χ1) is 14.7. The summed E-state index contributed by atoms with van der Waals surface area (Å²) in [7, 11) is -3.75. The second-order valence-corrected chi connectivity index (χ2v) is 13.8. The molecule has 1 unspecified atom stereocenters. The van der Waals surface area contributed by atoms with Crippen molar-refractivity contribution >= 4 is 50.6 Å². The van der Waals surface area contributed by atoms with Crippen LogP contribution < -0.4 is 15.0 Å². The van der Waals surface area contributed by atoms with Crippen molar-refractivity contribution < 1.29 is 31.5 Å². The van der Waals surface area contributed by atoms with Crippen molar-refractivity contribution in [1.29, 1.82) is 0 Å². The van der Waals surface area contributed by atoms with Gasteiger partial charge < -0.3 is 0 Å². The number of nitrogens with one attached hydrogen (secondary N) is 2. The van der Waals surface area contributed by atoms with Gasteiger partial charge in [-0.1, -0.05) is 0 Å². The Morgan fingerprint density at radius 3 is 2.45 bits per heavy atom. The number of anilines is 2. The number of halogens is 2. The summed E-state index contributed by atoms with van der Waals surface area (Å²) in [5.74, 6) is -3.49. The van der Waals surface area contributed by atoms with E-state index in [4.69, 9.17) is 4.74 Å². The minimum atomic E-state index is -3.75. The summed E-state index contributed by atoms with van der Waals surface area (Å²) in [5.41, 5.74) is -0.732. The molecule has 9 nitrogen and oxygen atoms in total. The number of benzene rings is 1. The van der Waals surface area contributed by atoms with Gasteiger partial charge in [0.1, 0.15) is 0 Å². The normalized spacial score (nSPS) is 15.2. The molecule has 2 aromatic rings. The predicted octanol–water partition coefficient (Wildman–Crippen LogP) is 0.209. The first kappa shape index (κ1) is 23.3. The van der Waals surface area contributed by atoms with Gasteiger partial charge in [0.2, 0.25) is 0 Å². The number of nitrogens with zero attached hydrogens (tertiary/aromatic N) is 2. The van der Waals surface area contributed by atoms with Crippen LogP contribution in [0.4, 0.5) is 20.3 Å². The Kier molecular flexibility index (Phi) is 7.37. The average molecular weight is 516 g/mol. The summed E-state index contributed by atoms with van der Waals surface area (Å²) in [5, 5.41) is 4.76. The molecule has 1 aromatic carbocycles. The van der Waals surface area contributed by atoms with Crippen molar-refractivity contribution in [3.8, 4) is 0 Å². The van der Waals surface area contributed by atoms with E-state index in [1.165, 1.54) is 29.6 Å². The summed E-state index contributed by atoms with van der Waals surface area (Å²) in [6.07, 6.45) is 1.21. The molecule has 1 fully saturated rings. The van der Waals surface area contributed by atoms with E-state index in [0.717, 1.165) is 12.1 Å². The van der Waals surface area contributed by atoms with Crippen molar-refractivity contribution in [2.75, 3.05) is 36.9 Å². The summed E-state index contributed by atoms with van der Waals surface area (Å²) in [4.78, 5) is 27.4. The first-order valence-electron chi connectivity index (χ1n) is 9.06. The van der Waals surface area contributed by atoms with Gasteiger partial charge in [0.05, 0.1) is 0 Å². The maximum atomic E-state index is 15.0. The summed E-state index contributed by atoms with van der Waals surface area (Å²) >= 11 is -2.09. The van der Waals surface area contributed by atoms with E-state index in [9.17, 15) is 26.8 Å². The second-order valence-electron chi connectivity index (χ2n) is 6.47. The van der Waals surface area contributed by atoms with Crippen LogP contribution in [0.25, 0.3) is 0 Å². The third-order valence-corrected chi connectivity index (χ3v) is 11.2. The molecule has 1 aliphatic rings. The van der Waals surface area contributed by atoms with Crippen molar-refractivity contribution in [2.45, 2.75) is 6.92 Å². The molecule has 0 spiro atoms. The van der Waals surface area contributed by atoms with Gasteiger partial charge in [-0.15, -0.1) is 0 Å². The molecule has 1 saturated heterocycles. The molecule has 0 aliphatic carbocycles. The van der Waals surface area contributed by atoms with Crippen molar-refractivity contribution in [3.63, 3.8) is 0 Å². The fourth-order valence-corrected chi connectivity index (χ4v) is 9.08. The van der Waals surface area contributed by atoms with E-state index in [1.54, 1.807) is 0 Å². The third kappa shape index (κ3) is 5.85. The zero-order valence-electron chi connectivity index (χ0n) is 16.3. The number of aromatic nitrogens is 1. The summed E-state index contributed by atoms with van der Waals surface area (Å²) in [6, 6.07) is 4.74. The van der Waals surface area contributed by atoms with Crippen LogP contribution >= 0.6 is 0 Å². The molecular weight excluding hydrogens is 497 g/mol. The van der Waals surface area contributed by atoms with E-state index in [0.29, 0.717) is 0 Å². The van der Waals surface area contributed by atoms with Gasteiger partial charge in [0.15, 0.2) is 0 Å². The van der Waals surface area contributed by atoms with Crippen LogP contribution in [0, 0.1) is 11.6 Å². The zero-order valence-corrected chi connectivity index (χ0v) is 19.2. The van der Waals surface area contributed by atoms with Crippen molar-refractivity contribution in [2.24, 2.45) is 0 Å². The van der Waals surface area contributed by atoms with Crippen molar-refractivity contribution in [3.05, 3.63) is 47.7 Å². The molecule has 2 heterocycles. The number of carbonyl (C=O) groups is 2. The van der Waals surface area contributed by atoms with Crippen LogP contribution in [0.5, 0.6) is 0 Å². The molecule has 0 saturated carbocycles. The molecular formula is C18H19AsF2N4O5S. The second kappa shape index (κ2) is 9.82. The van der Waals surface area contributed by atoms with E-state index in [1.807, 2.05) is 0 Å². The van der Waals surface area contributed by atoms with Crippen LogP contribution in [-0.4, -0.2) is 70.4 Å². The average Bonchev–Trinajstić information content (AvgIpc) is 2.72. The molecule has 2 amide bonds. The standard InChI is InChI=1S/C18H19AsF2N4O5S/c1-11(26)23-15-5-2-12(10-22-15)24-18(27)16-14(20)4-3-13(17(16)21)19-31(28,29)25-6-8-30-9-7-25/h2-5,10,19H,6-9H2,1H3,(H,24,27)(H,22,23,26). The molecule has 13 heteroatoms. The van der Waals surface area contributed by atoms with Crippen LogP contribution in [-0.2, 0) is 17.8 Å². The number of rotatable bonds is 6. The summed E-state index contributed by atoms with van der Waals surface area (Å²) < 4.78 is 60.6. The number of amides is 2. The van der Waals surface area contributed by atoms with Crippen LogP contribution in [0.2, 0.25) is 0 Å². The van der Waals surface area contributed by atoms with Gasteiger partial charge in [-0.3, -0.25) is 0 Å². The fourth-order valence-electron chi connectivity index (χ4n) is 2.75. The molecule has 1 aliphatic heterocycles. The van der Waals surface area contributed by atoms with Gasteiger partial charge >= 0.3 is 183 Å². The minimum absolute atomic E-state index is 0.139. The Hall–Kier alpha value is -2.40. The van der Waals surface area contributed by atoms with Crippen LogP contribution in [0.3, 0.4) is 0 Å². The van der Waals surface area contributed by atoms with Gasteiger partial charge in [0, 0.05) is 0 Å². The van der Waals surface area contributed by atoms with E-state index in [-0.39, 0.29) is 48.1 Å². The van der Waals surface area contributed by atoms with Gasteiger partial charge in [-0.25, -0.2) is 0 Å². The SMILES string of the molecule is CC(=O)Nc1ccc(NC(=O)c2c(F)ccc([AsH]S(=O)(=O)N3CCOCC3)c2F)cn1. The number of hydrogen-bond acceptors (Lipinski definition) is 6. The quantitative estimate of drug-likeness (QED) is 0.531. The molecule has 3 rings (SSSR count). The molecule has 166 valence electrons. The first-order valence-corrected chi connectivity index (χ1v) is 14.1. The van der Waals surface area contributed by atoms with E-state index < -0.39 is 46.0 Å². The van der Waals surface area contributed by atoms with Crippen LogP contribution in [0.1, 0.15) is 17.3 Å². The molecule has 2 N–H and O–H groups in total. The molecule has 0 radical (unpaired) electrons. The Bertz CT molecular complexity index is 1090. The topological polar surface area (TPSA) is 118 Å². The van der Waals surface area contributed by atoms with E-state index in [2.05, 4.69) is 15.6 Å². The van der Waals surface area contributed by atoms with Crippen LogP contribution in [0.15, 0.2) is 30.5 Å². The molecule has 1 aromatic heterocycles. The monoisotopic (exact) mass is 516 g/mol. The number of hydrogen-bond donors (Lipinski definition) is 2. The van der Waals surface area contributed by atoms with Crippen molar-refractivity contribution in [1.82, 2.24) is 9.29 Å². The molecule has 1 atom stereocenters. The number of pyridine rings is 1. The molecule has 0 bridgehead atoms. The Balaban J connectivity index is 1.79. The number of ether oxygens (including phenoxy) is 1. The van der Waals surface area contributed by atoms with Gasteiger partial charge in [-0.2, -0.15) is 0 Å². The predicted molar refractivity (Wildman–Crippen MR) is 111 cm³/mol. The summed E-state index contributed by atoms with van der Waals surface area (Å²) in [6.45, 7) is 2.14. The number of morpholine rings is 1. The maximum absolute atomic E-state index is 15.0. The number of carbonyl (C=O) groups excluding carboxylic acids is 2. The Morgan fingerprint density at radius 2 is 1.84 bits per heavy atom. The van der Waals surface area contributed by atoms with Gasteiger partial charge in [-0.05, 0) is 0 Å². The fraction of sp³-hybridized carbons (Fsp3) is 0.278. The zero-order chi connectivity index (χ0) is 22.6. The Labute approximate surface area is 182 Å². The third-order valence-electron chi connectivity index (χ3n) is 4.19. The Morgan fingerprint density at radius 1 is 1.13 bits per heavy atom. The molecule has 31 heavy (non-hydrogen) atoms.